The first-order valence-electron chi connectivity index (χ1n) is 4.61. The Morgan fingerprint density at radius 3 is 3.00 bits per heavy atom. The minimum atomic E-state index is -0.441. The van der Waals surface area contributed by atoms with Gasteiger partial charge in [0.05, 0.1) is 11.5 Å². The number of esters is 1. The van der Waals surface area contributed by atoms with Crippen LogP contribution < -0.4 is 0 Å². The first-order valence-corrected chi connectivity index (χ1v) is 4.61. The van der Waals surface area contributed by atoms with Crippen molar-refractivity contribution in [3.8, 4) is 0 Å². The number of hydrogen-bond donors (Lipinski definition) is 1. The Balaban J connectivity index is 2.48. The summed E-state index contributed by atoms with van der Waals surface area (Å²) in [4.78, 5) is 11.4. The van der Waals surface area contributed by atoms with Crippen LogP contribution in [0, 0.1) is 5.41 Å². The van der Waals surface area contributed by atoms with Gasteiger partial charge in [0, 0.05) is 0 Å². The lowest BCUT2D eigenvalue weighted by atomic mass is 9.72. The predicted molar refractivity (Wildman–Crippen MR) is 47.0 cm³/mol. The molecule has 1 unspecified atom stereocenters. The van der Waals surface area contributed by atoms with E-state index in [4.69, 9.17) is 4.74 Å². The number of aliphatic hydroxyl groups excluding tert-OH is 1. The maximum atomic E-state index is 11.4. The van der Waals surface area contributed by atoms with Crippen LogP contribution in [0.15, 0.2) is 11.1 Å². The smallest absolute Gasteiger partial charge is 0.316 e. The van der Waals surface area contributed by atoms with Gasteiger partial charge in [-0.15, -0.1) is 0 Å². The number of carbonyl (C=O) groups is 1. The monoisotopic (exact) mass is 182 g/mol. The number of rotatable bonds is 0. The van der Waals surface area contributed by atoms with Gasteiger partial charge in [0.1, 0.15) is 6.61 Å². The van der Waals surface area contributed by atoms with Crippen LogP contribution in [0.4, 0.5) is 0 Å². The van der Waals surface area contributed by atoms with Gasteiger partial charge in [-0.05, 0) is 37.8 Å². The van der Waals surface area contributed by atoms with Crippen LogP contribution in [-0.4, -0.2) is 23.8 Å². The molecule has 72 valence electrons. The van der Waals surface area contributed by atoms with Gasteiger partial charge in [-0.3, -0.25) is 4.79 Å². The van der Waals surface area contributed by atoms with E-state index in [1.165, 1.54) is 0 Å². The Labute approximate surface area is 77.4 Å². The quantitative estimate of drug-likeness (QED) is 0.449. The summed E-state index contributed by atoms with van der Waals surface area (Å²) in [6.07, 6.45) is 0.998. The Kier molecular flexibility index (Phi) is 1.74. The number of aliphatic hydroxyl groups is 1. The summed E-state index contributed by atoms with van der Waals surface area (Å²) in [5, 5.41) is 9.60. The molecule has 3 nitrogen and oxygen atoms in total. The molecule has 0 aromatic rings. The zero-order valence-electron chi connectivity index (χ0n) is 7.96. The van der Waals surface area contributed by atoms with Gasteiger partial charge in [0.25, 0.3) is 0 Å². The number of ether oxygens (including phenoxy) is 1. The molecule has 1 N–H and O–H groups in total. The lowest BCUT2D eigenvalue weighted by Gasteiger charge is -2.30. The number of fused-ring (bicyclic) bond motifs is 1. The number of cyclic esters (lactones) is 1. The summed E-state index contributed by atoms with van der Waals surface area (Å²) in [5.41, 5.74) is 1.49. The average Bonchev–Trinajstić information content (AvgIpc) is 2.39. The van der Waals surface area contributed by atoms with Crippen LogP contribution in [0.1, 0.15) is 26.7 Å². The highest BCUT2D eigenvalue weighted by molar-refractivity contribution is 5.84. The topological polar surface area (TPSA) is 46.5 Å². The maximum Gasteiger partial charge on any atom is 0.316 e. The average molecular weight is 182 g/mol. The molecule has 0 aromatic heterocycles. The Bertz CT molecular complexity index is 293. The van der Waals surface area contributed by atoms with Crippen molar-refractivity contribution in [1.82, 2.24) is 0 Å². The first-order chi connectivity index (χ1) is 6.05. The van der Waals surface area contributed by atoms with E-state index < -0.39 is 5.41 Å². The van der Waals surface area contributed by atoms with Gasteiger partial charge in [-0.25, -0.2) is 0 Å². The SMILES string of the molecule is CC1=C2COC(=O)[C@@]2(C)CCC1O. The maximum absolute atomic E-state index is 11.4. The van der Waals surface area contributed by atoms with Gasteiger partial charge in [0.15, 0.2) is 0 Å². The van der Waals surface area contributed by atoms with E-state index in [1.54, 1.807) is 0 Å². The van der Waals surface area contributed by atoms with Crippen LogP contribution in [0.3, 0.4) is 0 Å². The molecular weight excluding hydrogens is 168 g/mol. The highest BCUT2D eigenvalue weighted by atomic mass is 16.5. The van der Waals surface area contributed by atoms with Crippen molar-refractivity contribution in [2.75, 3.05) is 6.61 Å². The number of hydrogen-bond acceptors (Lipinski definition) is 3. The first kappa shape index (κ1) is 8.75. The Morgan fingerprint density at radius 1 is 1.62 bits per heavy atom. The fraction of sp³-hybridized carbons (Fsp3) is 0.700. The van der Waals surface area contributed by atoms with Crippen LogP contribution >= 0.6 is 0 Å². The van der Waals surface area contributed by atoms with E-state index in [1.807, 2.05) is 13.8 Å². The molecule has 0 bridgehead atoms. The lowest BCUT2D eigenvalue weighted by Crippen LogP contribution is -2.32. The molecule has 2 atom stereocenters. The van der Waals surface area contributed by atoms with E-state index in [0.29, 0.717) is 19.4 Å². The zero-order valence-corrected chi connectivity index (χ0v) is 7.96. The molecule has 1 aliphatic heterocycles. The van der Waals surface area contributed by atoms with Crippen molar-refractivity contribution < 1.29 is 14.6 Å². The van der Waals surface area contributed by atoms with Gasteiger partial charge in [0.2, 0.25) is 0 Å². The fourth-order valence-electron chi connectivity index (χ4n) is 2.22. The minimum Gasteiger partial charge on any atom is -0.460 e. The van der Waals surface area contributed by atoms with E-state index in [2.05, 4.69) is 0 Å². The van der Waals surface area contributed by atoms with Gasteiger partial charge in [-0.2, -0.15) is 0 Å². The van der Waals surface area contributed by atoms with Crippen molar-refractivity contribution in [1.29, 1.82) is 0 Å². The van der Waals surface area contributed by atoms with Crippen LogP contribution in [0.2, 0.25) is 0 Å². The molecule has 13 heavy (non-hydrogen) atoms. The molecule has 2 aliphatic rings. The summed E-state index contributed by atoms with van der Waals surface area (Å²) in [5.74, 6) is -0.131. The van der Waals surface area contributed by atoms with Gasteiger partial charge < -0.3 is 9.84 Å². The van der Waals surface area contributed by atoms with E-state index in [9.17, 15) is 9.90 Å². The second-order valence-corrected chi connectivity index (χ2v) is 4.12. The third-order valence-corrected chi connectivity index (χ3v) is 3.36. The Morgan fingerprint density at radius 2 is 2.31 bits per heavy atom. The highest BCUT2D eigenvalue weighted by Crippen LogP contribution is 2.45. The summed E-state index contributed by atoms with van der Waals surface area (Å²) in [6, 6.07) is 0. The predicted octanol–water partition coefficient (Wildman–Crippen LogP) is 1.02. The molecule has 1 aliphatic carbocycles. The molecule has 0 amide bonds. The number of carbonyl (C=O) groups excluding carboxylic acids is 1. The third-order valence-electron chi connectivity index (χ3n) is 3.36. The van der Waals surface area contributed by atoms with Gasteiger partial charge in [-0.1, -0.05) is 0 Å². The van der Waals surface area contributed by atoms with E-state index in [0.717, 1.165) is 11.1 Å². The molecule has 0 saturated carbocycles. The zero-order chi connectivity index (χ0) is 9.64. The minimum absolute atomic E-state index is 0.131. The van der Waals surface area contributed by atoms with Crippen LogP contribution in [0.25, 0.3) is 0 Å². The molecule has 2 rings (SSSR count). The molecule has 1 heterocycles. The molecule has 0 spiro atoms. The standard InChI is InChI=1S/C10H14O3/c1-6-7-5-13-9(12)10(7,2)4-3-8(6)11/h8,11H,3-5H2,1-2H3/t8?,10-/m0/s1. The summed E-state index contributed by atoms with van der Waals surface area (Å²) >= 11 is 0. The van der Waals surface area contributed by atoms with Crippen molar-refractivity contribution in [3.63, 3.8) is 0 Å². The van der Waals surface area contributed by atoms with Crippen LogP contribution in [0.5, 0.6) is 0 Å². The summed E-state index contributed by atoms with van der Waals surface area (Å²) in [7, 11) is 0. The highest BCUT2D eigenvalue weighted by Gasteiger charge is 2.48. The van der Waals surface area contributed by atoms with Crippen molar-refractivity contribution in [2.24, 2.45) is 5.41 Å². The second kappa shape index (κ2) is 2.58. The summed E-state index contributed by atoms with van der Waals surface area (Å²) < 4.78 is 5.01. The van der Waals surface area contributed by atoms with Gasteiger partial charge >= 0.3 is 5.97 Å². The fourth-order valence-corrected chi connectivity index (χ4v) is 2.22. The molecule has 3 heteroatoms. The van der Waals surface area contributed by atoms with E-state index in [-0.39, 0.29) is 12.1 Å². The van der Waals surface area contributed by atoms with Crippen LogP contribution in [-0.2, 0) is 9.53 Å². The molecular formula is C10H14O3. The van der Waals surface area contributed by atoms with E-state index >= 15 is 0 Å². The van der Waals surface area contributed by atoms with Crippen molar-refractivity contribution in [3.05, 3.63) is 11.1 Å². The lowest BCUT2D eigenvalue weighted by molar-refractivity contribution is -0.145. The summed E-state index contributed by atoms with van der Waals surface area (Å²) in [6.45, 7) is 4.17. The van der Waals surface area contributed by atoms with Crippen molar-refractivity contribution >= 4 is 5.97 Å². The molecule has 1 saturated heterocycles. The normalized spacial score (nSPS) is 39.0. The second-order valence-electron chi connectivity index (χ2n) is 4.12. The molecule has 0 aromatic carbocycles. The largest absolute Gasteiger partial charge is 0.460 e. The Hall–Kier alpha value is -0.830. The molecule has 1 fully saturated rings. The van der Waals surface area contributed by atoms with Crippen molar-refractivity contribution in [2.45, 2.75) is 32.8 Å². The molecule has 0 radical (unpaired) electrons. The third kappa shape index (κ3) is 1.03.